The van der Waals surface area contributed by atoms with E-state index in [1.165, 1.54) is 0 Å². The minimum absolute atomic E-state index is 0.178. The third-order valence-corrected chi connectivity index (χ3v) is 4.13. The van der Waals surface area contributed by atoms with E-state index < -0.39 is 0 Å². The van der Waals surface area contributed by atoms with Crippen LogP contribution in [0, 0.1) is 0 Å². The molecule has 0 aliphatic rings. The van der Waals surface area contributed by atoms with Crippen LogP contribution in [-0.2, 0) is 6.54 Å². The molecule has 5 heteroatoms. The van der Waals surface area contributed by atoms with Crippen LogP contribution in [0.1, 0.15) is 16.1 Å². The fourth-order valence-electron chi connectivity index (χ4n) is 2.26. The molecule has 112 valence electrons. The van der Waals surface area contributed by atoms with Crippen molar-refractivity contribution in [2.45, 2.75) is 6.54 Å². The second-order valence-corrected chi connectivity index (χ2v) is 5.87. The predicted molar refractivity (Wildman–Crippen MR) is 88.5 cm³/mol. The molecule has 0 saturated carbocycles. The number of furan rings is 1. The normalized spacial score (nSPS) is 10.9. The highest BCUT2D eigenvalue weighted by Crippen LogP contribution is 2.24. The molecule has 0 unspecified atom stereocenters. The van der Waals surface area contributed by atoms with Crippen LogP contribution in [-0.4, -0.2) is 17.9 Å². The highest BCUT2D eigenvalue weighted by molar-refractivity contribution is 6.42. The van der Waals surface area contributed by atoms with E-state index in [2.05, 4.69) is 0 Å². The van der Waals surface area contributed by atoms with E-state index in [0.717, 1.165) is 10.9 Å². The van der Waals surface area contributed by atoms with Gasteiger partial charge in [0.05, 0.1) is 10.0 Å². The first-order valence-electron chi connectivity index (χ1n) is 6.72. The van der Waals surface area contributed by atoms with Crippen molar-refractivity contribution in [3.63, 3.8) is 0 Å². The van der Waals surface area contributed by atoms with Crippen LogP contribution in [0.15, 0.2) is 52.9 Å². The van der Waals surface area contributed by atoms with Gasteiger partial charge in [-0.2, -0.15) is 0 Å². The lowest BCUT2D eigenvalue weighted by molar-refractivity contribution is 0.0756. The Balaban J connectivity index is 1.80. The van der Waals surface area contributed by atoms with Crippen molar-refractivity contribution in [1.82, 2.24) is 4.90 Å². The molecule has 0 spiro atoms. The van der Waals surface area contributed by atoms with Crippen molar-refractivity contribution in [3.05, 3.63) is 69.9 Å². The number of nitrogens with zero attached hydrogens (tertiary/aromatic N) is 1. The maximum Gasteiger partial charge on any atom is 0.289 e. The van der Waals surface area contributed by atoms with Crippen molar-refractivity contribution in [2.75, 3.05) is 7.05 Å². The van der Waals surface area contributed by atoms with E-state index in [-0.39, 0.29) is 5.91 Å². The van der Waals surface area contributed by atoms with Gasteiger partial charge in [-0.05, 0) is 29.8 Å². The van der Waals surface area contributed by atoms with Gasteiger partial charge in [-0.1, -0.05) is 47.5 Å². The SMILES string of the molecule is CN(Cc1ccc(Cl)c(Cl)c1)C(=O)c1cc2ccccc2o1. The molecule has 0 atom stereocenters. The molecule has 3 nitrogen and oxygen atoms in total. The summed E-state index contributed by atoms with van der Waals surface area (Å²) in [6.07, 6.45) is 0. The Hall–Kier alpha value is -1.97. The van der Waals surface area contributed by atoms with E-state index in [9.17, 15) is 4.79 Å². The number of amides is 1. The molecule has 3 rings (SSSR count). The van der Waals surface area contributed by atoms with Crippen LogP contribution in [0.2, 0.25) is 10.0 Å². The zero-order valence-electron chi connectivity index (χ0n) is 11.8. The highest BCUT2D eigenvalue weighted by atomic mass is 35.5. The van der Waals surface area contributed by atoms with Crippen molar-refractivity contribution in [2.24, 2.45) is 0 Å². The Kier molecular flexibility index (Phi) is 4.10. The summed E-state index contributed by atoms with van der Waals surface area (Å²) in [5, 5.41) is 1.88. The van der Waals surface area contributed by atoms with Gasteiger partial charge in [0.25, 0.3) is 5.91 Å². The van der Waals surface area contributed by atoms with Crippen molar-refractivity contribution in [1.29, 1.82) is 0 Å². The van der Waals surface area contributed by atoms with Gasteiger partial charge in [0.1, 0.15) is 5.58 Å². The minimum atomic E-state index is -0.178. The van der Waals surface area contributed by atoms with Crippen molar-refractivity contribution >= 4 is 40.1 Å². The topological polar surface area (TPSA) is 33.5 Å². The summed E-state index contributed by atoms with van der Waals surface area (Å²) in [4.78, 5) is 14.0. The van der Waals surface area contributed by atoms with Gasteiger partial charge in [0, 0.05) is 19.0 Å². The zero-order valence-corrected chi connectivity index (χ0v) is 13.4. The van der Waals surface area contributed by atoms with Crippen molar-refractivity contribution in [3.8, 4) is 0 Å². The predicted octanol–water partition coefficient (Wildman–Crippen LogP) is 5.01. The average molecular weight is 334 g/mol. The van der Waals surface area contributed by atoms with Gasteiger partial charge in [-0.3, -0.25) is 4.79 Å². The molecule has 0 saturated heterocycles. The third-order valence-electron chi connectivity index (χ3n) is 3.39. The van der Waals surface area contributed by atoms with Crippen LogP contribution >= 0.6 is 23.2 Å². The number of carbonyl (C=O) groups excluding carboxylic acids is 1. The van der Waals surface area contributed by atoms with E-state index in [0.29, 0.717) is 27.9 Å². The Morgan fingerprint density at radius 2 is 1.86 bits per heavy atom. The molecule has 1 aromatic heterocycles. The fourth-order valence-corrected chi connectivity index (χ4v) is 2.58. The molecule has 0 radical (unpaired) electrons. The largest absolute Gasteiger partial charge is 0.451 e. The van der Waals surface area contributed by atoms with E-state index in [4.69, 9.17) is 27.6 Å². The van der Waals surface area contributed by atoms with Gasteiger partial charge >= 0.3 is 0 Å². The summed E-state index contributed by atoms with van der Waals surface area (Å²) in [5.41, 5.74) is 1.61. The molecule has 2 aromatic carbocycles. The number of para-hydroxylation sites is 1. The number of rotatable bonds is 3. The molecule has 0 bridgehead atoms. The fraction of sp³-hybridized carbons (Fsp3) is 0.118. The van der Waals surface area contributed by atoms with Gasteiger partial charge in [0.15, 0.2) is 5.76 Å². The van der Waals surface area contributed by atoms with Crippen LogP contribution in [0.4, 0.5) is 0 Å². The smallest absolute Gasteiger partial charge is 0.289 e. The van der Waals surface area contributed by atoms with Crippen LogP contribution < -0.4 is 0 Å². The van der Waals surface area contributed by atoms with Crippen molar-refractivity contribution < 1.29 is 9.21 Å². The standard InChI is InChI=1S/C17H13Cl2NO2/c1-20(10-11-6-7-13(18)14(19)8-11)17(21)16-9-12-4-2-3-5-15(12)22-16/h2-9H,10H2,1H3. The molecule has 22 heavy (non-hydrogen) atoms. The quantitative estimate of drug-likeness (QED) is 0.674. The summed E-state index contributed by atoms with van der Waals surface area (Å²) in [7, 11) is 1.72. The Labute approximate surface area is 138 Å². The number of hydrogen-bond acceptors (Lipinski definition) is 2. The monoisotopic (exact) mass is 333 g/mol. The Morgan fingerprint density at radius 3 is 2.59 bits per heavy atom. The molecular weight excluding hydrogens is 321 g/mol. The summed E-state index contributed by atoms with van der Waals surface area (Å²) in [5.74, 6) is 0.144. The summed E-state index contributed by atoms with van der Waals surface area (Å²) in [6, 6.07) is 14.6. The average Bonchev–Trinajstić information content (AvgIpc) is 2.94. The lowest BCUT2D eigenvalue weighted by Gasteiger charge is -2.16. The van der Waals surface area contributed by atoms with E-state index in [1.807, 2.05) is 30.3 Å². The molecule has 1 amide bonds. The number of carbonyl (C=O) groups is 1. The maximum absolute atomic E-state index is 12.4. The summed E-state index contributed by atoms with van der Waals surface area (Å²) in [6.45, 7) is 0.423. The van der Waals surface area contributed by atoms with Gasteiger partial charge < -0.3 is 9.32 Å². The zero-order chi connectivity index (χ0) is 15.7. The molecule has 0 fully saturated rings. The summed E-state index contributed by atoms with van der Waals surface area (Å²) < 4.78 is 5.59. The number of hydrogen-bond donors (Lipinski definition) is 0. The van der Waals surface area contributed by atoms with Crippen LogP contribution in [0.25, 0.3) is 11.0 Å². The summed E-state index contributed by atoms with van der Waals surface area (Å²) >= 11 is 11.9. The lowest BCUT2D eigenvalue weighted by atomic mass is 10.2. The first-order chi connectivity index (χ1) is 10.5. The van der Waals surface area contributed by atoms with E-state index in [1.54, 1.807) is 30.1 Å². The third kappa shape index (κ3) is 2.96. The second kappa shape index (κ2) is 6.03. The first kappa shape index (κ1) is 14.9. The molecule has 0 aliphatic carbocycles. The number of halogens is 2. The molecule has 0 N–H and O–H groups in total. The maximum atomic E-state index is 12.4. The highest BCUT2D eigenvalue weighted by Gasteiger charge is 2.17. The number of fused-ring (bicyclic) bond motifs is 1. The molecule has 3 aromatic rings. The first-order valence-corrected chi connectivity index (χ1v) is 7.48. The minimum Gasteiger partial charge on any atom is -0.451 e. The Morgan fingerprint density at radius 1 is 1.09 bits per heavy atom. The van der Waals surface area contributed by atoms with Gasteiger partial charge in [-0.25, -0.2) is 0 Å². The molecule has 1 heterocycles. The van der Waals surface area contributed by atoms with Gasteiger partial charge in [-0.15, -0.1) is 0 Å². The van der Waals surface area contributed by atoms with Crippen LogP contribution in [0.5, 0.6) is 0 Å². The molecular formula is C17H13Cl2NO2. The number of benzene rings is 2. The second-order valence-electron chi connectivity index (χ2n) is 5.06. The van der Waals surface area contributed by atoms with Gasteiger partial charge in [0.2, 0.25) is 0 Å². The van der Waals surface area contributed by atoms with Crippen LogP contribution in [0.3, 0.4) is 0 Å². The lowest BCUT2D eigenvalue weighted by Crippen LogP contribution is -2.25. The Bertz CT molecular complexity index is 809. The van der Waals surface area contributed by atoms with E-state index >= 15 is 0 Å². The molecule has 0 aliphatic heterocycles.